The van der Waals surface area contributed by atoms with Crippen molar-refractivity contribution < 1.29 is 24.2 Å². The lowest BCUT2D eigenvalue weighted by molar-refractivity contribution is -0.130. The number of anilines is 1. The normalized spacial score (nSPS) is 11.4. The van der Waals surface area contributed by atoms with Crippen LogP contribution >= 0.6 is 0 Å². The highest BCUT2D eigenvalue weighted by Gasteiger charge is 2.28. The molecule has 3 aromatic carbocycles. The van der Waals surface area contributed by atoms with Gasteiger partial charge in [0, 0.05) is 17.5 Å². The number of ether oxygens (including phenoxy) is 1. The molecule has 3 N–H and O–H groups in total. The van der Waals surface area contributed by atoms with Gasteiger partial charge in [-0.2, -0.15) is 0 Å². The van der Waals surface area contributed by atoms with Crippen molar-refractivity contribution in [1.82, 2.24) is 5.32 Å². The highest BCUT2D eigenvalue weighted by atomic mass is 16.5. The molecule has 0 saturated heterocycles. The van der Waals surface area contributed by atoms with Crippen LogP contribution < -0.4 is 10.6 Å². The summed E-state index contributed by atoms with van der Waals surface area (Å²) < 4.78 is 5.54. The number of benzene rings is 3. The Morgan fingerprint density at radius 1 is 0.882 bits per heavy atom. The highest BCUT2D eigenvalue weighted by Crippen LogP contribution is 2.44. The third-order valence-corrected chi connectivity index (χ3v) is 5.48. The molecule has 0 saturated carbocycles. The first kappa shape index (κ1) is 22.6. The van der Waals surface area contributed by atoms with E-state index in [2.05, 4.69) is 40.8 Å². The van der Waals surface area contributed by atoms with E-state index in [-0.39, 0.29) is 31.4 Å². The van der Waals surface area contributed by atoms with Crippen LogP contribution in [0.25, 0.3) is 11.1 Å². The van der Waals surface area contributed by atoms with Crippen molar-refractivity contribution in [2.45, 2.75) is 12.3 Å². The zero-order valence-corrected chi connectivity index (χ0v) is 18.2. The first-order chi connectivity index (χ1) is 16.5. The number of rotatable bonds is 6. The minimum absolute atomic E-state index is 0.0146. The molecule has 1 aliphatic carbocycles. The fourth-order valence-electron chi connectivity index (χ4n) is 3.97. The standard InChI is InChI=1S/C27H22N2O5/c30-25(28-15-5-10-26(31)32)16-18-11-13-19(14-12-18)29-27(33)34-17-24-22-8-3-1-6-20(22)21-7-2-4-9-23(21)24/h1-4,6-9,11-14,24H,15-17H2,(H,28,30)(H,29,33)(H,31,32). The molecule has 7 heteroatoms. The topological polar surface area (TPSA) is 105 Å². The van der Waals surface area contributed by atoms with Gasteiger partial charge >= 0.3 is 12.1 Å². The van der Waals surface area contributed by atoms with E-state index in [9.17, 15) is 14.4 Å². The molecule has 4 rings (SSSR count). The predicted molar refractivity (Wildman–Crippen MR) is 127 cm³/mol. The molecule has 2 amide bonds. The van der Waals surface area contributed by atoms with Crippen molar-refractivity contribution in [2.75, 3.05) is 18.5 Å². The second kappa shape index (κ2) is 10.4. The molecular weight excluding hydrogens is 432 g/mol. The van der Waals surface area contributed by atoms with Gasteiger partial charge in [0.05, 0.1) is 13.0 Å². The Hall–Kier alpha value is -4.57. The molecule has 0 aliphatic heterocycles. The van der Waals surface area contributed by atoms with E-state index in [0.29, 0.717) is 5.69 Å². The third-order valence-electron chi connectivity index (χ3n) is 5.48. The maximum absolute atomic E-state index is 12.4. The average molecular weight is 454 g/mol. The van der Waals surface area contributed by atoms with Crippen LogP contribution in [0.2, 0.25) is 0 Å². The Kier molecular flexibility index (Phi) is 6.89. The smallest absolute Gasteiger partial charge is 0.411 e. The lowest BCUT2D eigenvalue weighted by Gasteiger charge is -2.14. The van der Waals surface area contributed by atoms with Crippen molar-refractivity contribution in [3.8, 4) is 23.0 Å². The fourth-order valence-corrected chi connectivity index (χ4v) is 3.97. The molecule has 0 bridgehead atoms. The molecule has 1 aliphatic rings. The summed E-state index contributed by atoms with van der Waals surface area (Å²) >= 11 is 0. The molecule has 0 atom stereocenters. The first-order valence-electron chi connectivity index (χ1n) is 10.7. The summed E-state index contributed by atoms with van der Waals surface area (Å²) in [6, 6.07) is 23.1. The van der Waals surface area contributed by atoms with E-state index in [0.717, 1.165) is 16.7 Å². The van der Waals surface area contributed by atoms with Gasteiger partial charge in [-0.05, 0) is 39.9 Å². The van der Waals surface area contributed by atoms with E-state index in [1.165, 1.54) is 11.1 Å². The Labute approximate surface area is 196 Å². The molecule has 0 unspecified atom stereocenters. The van der Waals surface area contributed by atoms with Crippen molar-refractivity contribution >= 4 is 23.7 Å². The summed E-state index contributed by atoms with van der Waals surface area (Å²) in [6.07, 6.45) is -0.440. The Morgan fingerprint density at radius 3 is 2.12 bits per heavy atom. The van der Waals surface area contributed by atoms with Crippen molar-refractivity contribution in [1.29, 1.82) is 0 Å². The van der Waals surface area contributed by atoms with Gasteiger partial charge < -0.3 is 15.2 Å². The number of carbonyl (C=O) groups excluding carboxylic acids is 2. The van der Waals surface area contributed by atoms with Crippen LogP contribution in [-0.4, -0.2) is 36.2 Å². The van der Waals surface area contributed by atoms with Gasteiger partial charge in [-0.25, -0.2) is 9.59 Å². The molecule has 3 aromatic rings. The molecule has 0 fully saturated rings. The first-order valence-corrected chi connectivity index (χ1v) is 10.7. The number of nitrogens with one attached hydrogen (secondary N) is 2. The Balaban J connectivity index is 1.29. The van der Waals surface area contributed by atoms with E-state index in [1.54, 1.807) is 24.3 Å². The molecule has 7 nitrogen and oxygen atoms in total. The van der Waals surface area contributed by atoms with E-state index < -0.39 is 12.1 Å². The number of carbonyl (C=O) groups is 3. The number of carboxylic acids is 1. The lowest BCUT2D eigenvalue weighted by atomic mass is 9.98. The van der Waals surface area contributed by atoms with Crippen LogP contribution in [0, 0.1) is 11.8 Å². The fraction of sp³-hybridized carbons (Fsp3) is 0.148. The van der Waals surface area contributed by atoms with Gasteiger partial charge in [0.15, 0.2) is 0 Å². The quantitative estimate of drug-likeness (QED) is 0.492. The SMILES string of the molecule is O=C(O)C#CCNC(=O)Cc1ccc(NC(=O)OCC2c3ccccc3-c3ccccc32)cc1. The monoisotopic (exact) mass is 454 g/mol. The molecule has 0 spiro atoms. The number of carboxylic acid groups (broad SMARTS) is 1. The summed E-state index contributed by atoms with van der Waals surface area (Å²) in [4.78, 5) is 34.6. The summed E-state index contributed by atoms with van der Waals surface area (Å²) in [6.45, 7) is 0.190. The van der Waals surface area contributed by atoms with E-state index in [4.69, 9.17) is 9.84 Å². The van der Waals surface area contributed by atoms with Gasteiger partial charge in [0.2, 0.25) is 5.91 Å². The molecule has 0 heterocycles. The summed E-state index contributed by atoms with van der Waals surface area (Å²) in [5.74, 6) is 2.72. The summed E-state index contributed by atoms with van der Waals surface area (Å²) in [7, 11) is 0. The lowest BCUT2D eigenvalue weighted by Crippen LogP contribution is -2.25. The number of aliphatic carboxylic acids is 1. The van der Waals surface area contributed by atoms with Crippen LogP contribution in [-0.2, 0) is 20.7 Å². The average Bonchev–Trinajstić information content (AvgIpc) is 3.15. The minimum Gasteiger partial charge on any atom is -0.472 e. The zero-order chi connectivity index (χ0) is 23.9. The summed E-state index contributed by atoms with van der Waals surface area (Å²) in [5.41, 5.74) is 5.91. The number of hydrogen-bond acceptors (Lipinski definition) is 4. The molecular formula is C27H22N2O5. The third kappa shape index (κ3) is 5.43. The van der Waals surface area contributed by atoms with E-state index in [1.807, 2.05) is 30.2 Å². The van der Waals surface area contributed by atoms with Gasteiger partial charge in [-0.3, -0.25) is 10.1 Å². The van der Waals surface area contributed by atoms with Gasteiger partial charge in [-0.1, -0.05) is 66.6 Å². The number of hydrogen-bond donors (Lipinski definition) is 3. The van der Waals surface area contributed by atoms with E-state index >= 15 is 0 Å². The molecule has 34 heavy (non-hydrogen) atoms. The largest absolute Gasteiger partial charge is 0.472 e. The minimum atomic E-state index is -1.24. The van der Waals surface area contributed by atoms with Crippen molar-refractivity contribution in [3.63, 3.8) is 0 Å². The second-order valence-corrected chi connectivity index (χ2v) is 7.71. The number of fused-ring (bicyclic) bond motifs is 3. The van der Waals surface area contributed by atoms with Gasteiger partial charge in [0.25, 0.3) is 0 Å². The van der Waals surface area contributed by atoms with Crippen molar-refractivity contribution in [2.24, 2.45) is 0 Å². The highest BCUT2D eigenvalue weighted by molar-refractivity contribution is 5.87. The maximum atomic E-state index is 12.4. The number of amides is 2. The van der Waals surface area contributed by atoms with Gasteiger partial charge in [0.1, 0.15) is 6.61 Å². The molecule has 170 valence electrons. The Bertz CT molecular complexity index is 1240. The van der Waals surface area contributed by atoms with Crippen LogP contribution in [0.3, 0.4) is 0 Å². The van der Waals surface area contributed by atoms with Crippen LogP contribution in [0.1, 0.15) is 22.6 Å². The molecule has 0 aromatic heterocycles. The van der Waals surface area contributed by atoms with Crippen LogP contribution in [0.4, 0.5) is 10.5 Å². The Morgan fingerprint density at radius 2 is 1.50 bits per heavy atom. The second-order valence-electron chi connectivity index (χ2n) is 7.71. The predicted octanol–water partition coefficient (Wildman–Crippen LogP) is 3.79. The molecule has 0 radical (unpaired) electrons. The van der Waals surface area contributed by atoms with Crippen LogP contribution in [0.5, 0.6) is 0 Å². The summed E-state index contributed by atoms with van der Waals surface area (Å²) in [5, 5.41) is 13.7. The van der Waals surface area contributed by atoms with Crippen LogP contribution in [0.15, 0.2) is 72.8 Å². The zero-order valence-electron chi connectivity index (χ0n) is 18.2. The maximum Gasteiger partial charge on any atom is 0.411 e. The van der Waals surface area contributed by atoms with Crippen molar-refractivity contribution in [3.05, 3.63) is 89.5 Å². The van der Waals surface area contributed by atoms with Gasteiger partial charge in [-0.15, -0.1) is 0 Å².